The maximum Gasteiger partial charge on any atom is 0.0233 e. The fourth-order valence-corrected chi connectivity index (χ4v) is 1.77. The minimum Gasteiger partial charge on any atom is -0.311 e. The van der Waals surface area contributed by atoms with E-state index in [-0.39, 0.29) is 0 Å². The number of fused-ring (bicyclic) bond motifs is 2. The van der Waals surface area contributed by atoms with Crippen LogP contribution in [-0.4, -0.2) is 37.1 Å². The van der Waals surface area contributed by atoms with Crippen molar-refractivity contribution < 1.29 is 0 Å². The third-order valence-corrected chi connectivity index (χ3v) is 2.33. The van der Waals surface area contributed by atoms with Crippen molar-refractivity contribution in [3.05, 3.63) is 0 Å². The van der Waals surface area contributed by atoms with E-state index in [4.69, 9.17) is 0 Å². The van der Waals surface area contributed by atoms with Crippen LogP contribution in [0.2, 0.25) is 0 Å². The monoisotopic (exact) mass is 112 g/mol. The van der Waals surface area contributed by atoms with Crippen LogP contribution in [0, 0.1) is 0 Å². The third-order valence-electron chi connectivity index (χ3n) is 2.33. The summed E-state index contributed by atoms with van der Waals surface area (Å²) >= 11 is 0. The largest absolute Gasteiger partial charge is 0.311 e. The molecule has 2 atom stereocenters. The van der Waals surface area contributed by atoms with Crippen molar-refractivity contribution in [3.8, 4) is 0 Å². The second kappa shape index (κ2) is 1.45. The molecule has 2 nitrogen and oxygen atoms in total. The van der Waals surface area contributed by atoms with Crippen LogP contribution in [0.4, 0.5) is 0 Å². The molecule has 46 valence electrons. The van der Waals surface area contributed by atoms with Gasteiger partial charge in [0.05, 0.1) is 0 Å². The number of hydrogen-bond acceptors (Lipinski definition) is 2. The second-order valence-electron chi connectivity index (χ2n) is 2.93. The zero-order chi connectivity index (χ0) is 5.56. The molecule has 0 amide bonds. The zero-order valence-electron chi connectivity index (χ0n) is 5.22. The Hall–Kier alpha value is -0.0800. The van der Waals surface area contributed by atoms with Gasteiger partial charge in [-0.1, -0.05) is 0 Å². The van der Waals surface area contributed by atoms with Gasteiger partial charge in [0, 0.05) is 25.2 Å². The number of likely N-dealkylation sites (N-methyl/N-ethyl adjacent to an activating group) is 1. The summed E-state index contributed by atoms with van der Waals surface area (Å²) < 4.78 is 0. The topological polar surface area (TPSA) is 15.3 Å². The van der Waals surface area contributed by atoms with Crippen molar-refractivity contribution in [2.24, 2.45) is 0 Å². The van der Waals surface area contributed by atoms with Crippen LogP contribution < -0.4 is 5.32 Å². The normalized spacial score (nSPS) is 46.1. The summed E-state index contributed by atoms with van der Waals surface area (Å²) in [7, 11) is 2.21. The Bertz CT molecular complexity index is 101. The molecule has 8 heavy (non-hydrogen) atoms. The molecule has 2 rings (SSSR count). The van der Waals surface area contributed by atoms with Crippen molar-refractivity contribution in [2.45, 2.75) is 18.5 Å². The highest BCUT2D eigenvalue weighted by Crippen LogP contribution is 2.20. The Labute approximate surface area is 49.9 Å². The Balaban J connectivity index is 2.11. The molecule has 0 saturated carbocycles. The minimum absolute atomic E-state index is 0.824. The van der Waals surface area contributed by atoms with Gasteiger partial charge in [0.2, 0.25) is 0 Å². The Morgan fingerprint density at radius 3 is 2.75 bits per heavy atom. The summed E-state index contributed by atoms with van der Waals surface area (Å²) in [5.41, 5.74) is 0. The van der Waals surface area contributed by atoms with Crippen LogP contribution in [-0.2, 0) is 0 Å². The fourth-order valence-electron chi connectivity index (χ4n) is 1.77. The smallest absolute Gasteiger partial charge is 0.0233 e. The highest BCUT2D eigenvalue weighted by Gasteiger charge is 2.34. The van der Waals surface area contributed by atoms with Crippen LogP contribution in [0.1, 0.15) is 6.42 Å². The van der Waals surface area contributed by atoms with Crippen molar-refractivity contribution in [1.82, 2.24) is 10.2 Å². The van der Waals surface area contributed by atoms with E-state index in [0.717, 1.165) is 12.1 Å². The number of nitrogens with one attached hydrogen (secondary N) is 1. The maximum absolute atomic E-state index is 3.44. The maximum atomic E-state index is 3.44. The SMILES string of the molecule is CN1C[C@@H]2C[C@@H]1CN2. The summed E-state index contributed by atoms with van der Waals surface area (Å²) in [5.74, 6) is 0. The lowest BCUT2D eigenvalue weighted by molar-refractivity contribution is 0.276. The second-order valence-corrected chi connectivity index (χ2v) is 2.93. The number of piperazine rings is 1. The molecule has 1 N–H and O–H groups in total. The van der Waals surface area contributed by atoms with Gasteiger partial charge in [-0.3, -0.25) is 0 Å². The van der Waals surface area contributed by atoms with Crippen molar-refractivity contribution >= 4 is 0 Å². The lowest BCUT2D eigenvalue weighted by atomic mass is 10.2. The molecule has 0 spiro atoms. The molecule has 0 aliphatic carbocycles. The number of rotatable bonds is 0. The van der Waals surface area contributed by atoms with Crippen molar-refractivity contribution in [3.63, 3.8) is 0 Å². The quantitative estimate of drug-likeness (QED) is 0.461. The van der Waals surface area contributed by atoms with Gasteiger partial charge >= 0.3 is 0 Å². The van der Waals surface area contributed by atoms with Crippen LogP contribution in [0.15, 0.2) is 0 Å². The summed E-state index contributed by atoms with van der Waals surface area (Å²) in [6.07, 6.45) is 1.39. The lowest BCUT2D eigenvalue weighted by Crippen LogP contribution is -2.41. The highest BCUT2D eigenvalue weighted by molar-refractivity contribution is 4.95. The molecule has 2 aliphatic heterocycles. The molecule has 0 aromatic heterocycles. The Morgan fingerprint density at radius 1 is 1.62 bits per heavy atom. The molecule has 0 aromatic rings. The Kier molecular flexibility index (Phi) is 0.866. The average Bonchev–Trinajstić information content (AvgIpc) is 2.23. The molecule has 2 bridgehead atoms. The van der Waals surface area contributed by atoms with E-state index in [1.807, 2.05) is 0 Å². The van der Waals surface area contributed by atoms with Gasteiger partial charge in [0.15, 0.2) is 0 Å². The van der Waals surface area contributed by atoms with Gasteiger partial charge in [-0.15, -0.1) is 0 Å². The Morgan fingerprint density at radius 2 is 2.50 bits per heavy atom. The first-order valence-electron chi connectivity index (χ1n) is 3.30. The van der Waals surface area contributed by atoms with Gasteiger partial charge in [-0.25, -0.2) is 0 Å². The first kappa shape index (κ1) is 4.77. The zero-order valence-corrected chi connectivity index (χ0v) is 5.22. The van der Waals surface area contributed by atoms with E-state index in [1.54, 1.807) is 0 Å². The van der Waals surface area contributed by atoms with E-state index in [2.05, 4.69) is 17.3 Å². The molecule has 0 aromatic carbocycles. The molecule has 2 aliphatic rings. The molecule has 2 heteroatoms. The first-order chi connectivity index (χ1) is 3.86. The van der Waals surface area contributed by atoms with Crippen LogP contribution in [0.3, 0.4) is 0 Å². The summed E-state index contributed by atoms with van der Waals surface area (Å²) in [4.78, 5) is 2.45. The summed E-state index contributed by atoms with van der Waals surface area (Å²) in [6, 6.07) is 1.69. The molecule has 2 heterocycles. The van der Waals surface area contributed by atoms with Crippen molar-refractivity contribution in [2.75, 3.05) is 20.1 Å². The molecule has 0 unspecified atom stereocenters. The van der Waals surface area contributed by atoms with Gasteiger partial charge in [0.25, 0.3) is 0 Å². The fraction of sp³-hybridized carbons (Fsp3) is 1.00. The molecule has 2 fully saturated rings. The van der Waals surface area contributed by atoms with Crippen LogP contribution in [0.25, 0.3) is 0 Å². The van der Waals surface area contributed by atoms with Gasteiger partial charge in [-0.05, 0) is 13.5 Å². The third kappa shape index (κ3) is 0.501. The molecule has 0 radical (unpaired) electrons. The number of hydrogen-bond donors (Lipinski definition) is 1. The first-order valence-corrected chi connectivity index (χ1v) is 3.30. The lowest BCUT2D eigenvalue weighted by Gasteiger charge is -2.21. The van der Waals surface area contributed by atoms with Gasteiger partial charge < -0.3 is 10.2 Å². The number of likely N-dealkylation sites (tertiary alicyclic amines) is 1. The van der Waals surface area contributed by atoms with Crippen LogP contribution in [0.5, 0.6) is 0 Å². The molecule has 2 saturated heterocycles. The summed E-state index contributed by atoms with van der Waals surface area (Å²) in [6.45, 7) is 2.49. The number of nitrogens with zero attached hydrogens (tertiary/aromatic N) is 1. The van der Waals surface area contributed by atoms with E-state index in [9.17, 15) is 0 Å². The van der Waals surface area contributed by atoms with E-state index < -0.39 is 0 Å². The molecular weight excluding hydrogens is 100 g/mol. The standard InChI is InChI=1S/C6H12N2/c1-8-4-5-2-6(8)3-7-5/h5-7H,2-4H2,1H3/t5-,6+/m0/s1. The predicted molar refractivity (Wildman–Crippen MR) is 32.8 cm³/mol. The summed E-state index contributed by atoms with van der Waals surface area (Å²) in [5, 5.41) is 3.44. The van der Waals surface area contributed by atoms with Crippen LogP contribution >= 0.6 is 0 Å². The average molecular weight is 112 g/mol. The predicted octanol–water partition coefficient (Wildman–Crippen LogP) is -0.338. The molecular formula is C6H12N2. The van der Waals surface area contributed by atoms with Gasteiger partial charge in [-0.2, -0.15) is 0 Å². The van der Waals surface area contributed by atoms with Gasteiger partial charge in [0.1, 0.15) is 0 Å². The highest BCUT2D eigenvalue weighted by atomic mass is 15.3. The minimum atomic E-state index is 0.824. The van der Waals surface area contributed by atoms with E-state index in [1.165, 1.54) is 19.5 Å². The van der Waals surface area contributed by atoms with Crippen molar-refractivity contribution in [1.29, 1.82) is 0 Å². The van der Waals surface area contributed by atoms with E-state index >= 15 is 0 Å². The van der Waals surface area contributed by atoms with E-state index in [0.29, 0.717) is 0 Å².